The highest BCUT2D eigenvalue weighted by molar-refractivity contribution is 5.92. The second kappa shape index (κ2) is 5.94. The maximum absolute atomic E-state index is 11.9. The summed E-state index contributed by atoms with van der Waals surface area (Å²) in [4.78, 5) is 25.3. The van der Waals surface area contributed by atoms with E-state index in [0.29, 0.717) is 31.0 Å². The van der Waals surface area contributed by atoms with E-state index in [9.17, 15) is 9.59 Å². The van der Waals surface area contributed by atoms with E-state index in [1.54, 1.807) is 17.0 Å². The number of carbonyl (C=O) groups is 2. The van der Waals surface area contributed by atoms with Crippen LogP contribution in [0.1, 0.15) is 25.3 Å². The maximum Gasteiger partial charge on any atom is 0.226 e. The molecule has 1 atom stereocenters. The molecule has 0 saturated carbocycles. The Morgan fingerprint density at radius 3 is 2.85 bits per heavy atom. The summed E-state index contributed by atoms with van der Waals surface area (Å²) < 4.78 is 0. The van der Waals surface area contributed by atoms with Gasteiger partial charge < -0.3 is 16.0 Å². The molecule has 1 aliphatic rings. The number of nitrogens with zero attached hydrogens (tertiary/aromatic N) is 1. The molecule has 1 saturated heterocycles. The van der Waals surface area contributed by atoms with E-state index in [1.165, 1.54) is 0 Å². The van der Waals surface area contributed by atoms with Crippen LogP contribution in [0.4, 0.5) is 11.4 Å². The van der Waals surface area contributed by atoms with Crippen molar-refractivity contribution in [2.75, 3.05) is 24.1 Å². The van der Waals surface area contributed by atoms with Crippen molar-refractivity contribution in [2.45, 2.75) is 26.7 Å². The van der Waals surface area contributed by atoms with Crippen molar-refractivity contribution < 1.29 is 9.59 Å². The number of anilines is 2. The quantitative estimate of drug-likeness (QED) is 0.822. The normalized spacial score (nSPS) is 18.4. The number of likely N-dealkylation sites (tertiary alicyclic amines) is 1. The topological polar surface area (TPSA) is 75.4 Å². The highest BCUT2D eigenvalue weighted by Crippen LogP contribution is 2.19. The Morgan fingerprint density at radius 1 is 1.50 bits per heavy atom. The number of hydrogen-bond donors (Lipinski definition) is 2. The van der Waals surface area contributed by atoms with Crippen LogP contribution in [0.15, 0.2) is 18.2 Å². The molecule has 0 radical (unpaired) electrons. The number of amides is 2. The Morgan fingerprint density at radius 2 is 2.25 bits per heavy atom. The van der Waals surface area contributed by atoms with Gasteiger partial charge in [0.1, 0.15) is 0 Å². The third kappa shape index (κ3) is 3.50. The van der Waals surface area contributed by atoms with Gasteiger partial charge in [-0.05, 0) is 36.6 Å². The average molecular weight is 275 g/mol. The SMILES string of the molecule is Cc1cc(N)ccc1NC(=O)CCN1CC(C)CC1=O. The fraction of sp³-hybridized carbons (Fsp3) is 0.467. The van der Waals surface area contributed by atoms with Gasteiger partial charge in [0.2, 0.25) is 11.8 Å². The second-order valence-electron chi connectivity index (χ2n) is 5.52. The van der Waals surface area contributed by atoms with Crippen LogP contribution in [0.2, 0.25) is 0 Å². The van der Waals surface area contributed by atoms with Crippen molar-refractivity contribution in [3.8, 4) is 0 Å². The van der Waals surface area contributed by atoms with E-state index in [2.05, 4.69) is 12.2 Å². The predicted octanol–water partition coefficient (Wildman–Crippen LogP) is 1.77. The predicted molar refractivity (Wildman–Crippen MR) is 79.2 cm³/mol. The Bertz CT molecular complexity index is 528. The first-order valence-corrected chi connectivity index (χ1v) is 6.89. The smallest absolute Gasteiger partial charge is 0.226 e. The first-order valence-electron chi connectivity index (χ1n) is 6.89. The minimum absolute atomic E-state index is 0.0785. The van der Waals surface area contributed by atoms with Crippen LogP contribution in [0.3, 0.4) is 0 Å². The lowest BCUT2D eigenvalue weighted by Crippen LogP contribution is -2.29. The summed E-state index contributed by atoms with van der Waals surface area (Å²) in [5, 5.41) is 2.85. The van der Waals surface area contributed by atoms with E-state index in [0.717, 1.165) is 17.8 Å². The van der Waals surface area contributed by atoms with E-state index >= 15 is 0 Å². The van der Waals surface area contributed by atoms with Crippen LogP contribution in [0, 0.1) is 12.8 Å². The van der Waals surface area contributed by atoms with Gasteiger partial charge in [0.15, 0.2) is 0 Å². The molecule has 2 amide bonds. The number of nitrogen functional groups attached to an aromatic ring is 1. The summed E-state index contributed by atoms with van der Waals surface area (Å²) in [6.45, 7) is 5.20. The van der Waals surface area contributed by atoms with Crippen LogP contribution < -0.4 is 11.1 Å². The molecule has 1 aromatic rings. The van der Waals surface area contributed by atoms with Gasteiger partial charge in [-0.1, -0.05) is 6.92 Å². The highest BCUT2D eigenvalue weighted by Gasteiger charge is 2.26. The third-order valence-electron chi connectivity index (χ3n) is 3.54. The molecule has 108 valence electrons. The molecule has 1 fully saturated rings. The minimum atomic E-state index is -0.0785. The Labute approximate surface area is 119 Å². The standard InChI is InChI=1S/C15H21N3O2/c1-10-7-15(20)18(9-10)6-5-14(19)17-13-4-3-12(16)8-11(13)2/h3-4,8,10H,5-7,9,16H2,1-2H3,(H,17,19). The number of rotatable bonds is 4. The van der Waals surface area contributed by atoms with Gasteiger partial charge >= 0.3 is 0 Å². The number of carbonyl (C=O) groups excluding carboxylic acids is 2. The molecule has 0 aliphatic carbocycles. The average Bonchev–Trinajstić information content (AvgIpc) is 2.69. The maximum atomic E-state index is 11.9. The molecule has 2 rings (SSSR count). The molecule has 0 aromatic heterocycles. The molecule has 0 spiro atoms. The summed E-state index contributed by atoms with van der Waals surface area (Å²) in [7, 11) is 0. The molecule has 5 heteroatoms. The summed E-state index contributed by atoms with van der Waals surface area (Å²) in [5.74, 6) is 0.462. The molecular formula is C15H21N3O2. The van der Waals surface area contributed by atoms with E-state index in [1.807, 2.05) is 13.0 Å². The van der Waals surface area contributed by atoms with Crippen molar-refractivity contribution in [2.24, 2.45) is 5.92 Å². The first kappa shape index (κ1) is 14.4. The van der Waals surface area contributed by atoms with Crippen molar-refractivity contribution in [1.29, 1.82) is 0 Å². The number of nitrogens with one attached hydrogen (secondary N) is 1. The van der Waals surface area contributed by atoms with Gasteiger partial charge in [0.25, 0.3) is 0 Å². The molecule has 1 unspecified atom stereocenters. The summed E-state index contributed by atoms with van der Waals surface area (Å²) in [6.07, 6.45) is 0.918. The van der Waals surface area contributed by atoms with Crippen molar-refractivity contribution >= 4 is 23.2 Å². The fourth-order valence-electron chi connectivity index (χ4n) is 2.46. The molecule has 1 aromatic carbocycles. The number of aryl methyl sites for hydroxylation is 1. The summed E-state index contributed by atoms with van der Waals surface area (Å²) >= 11 is 0. The fourth-order valence-corrected chi connectivity index (χ4v) is 2.46. The largest absolute Gasteiger partial charge is 0.399 e. The van der Waals surface area contributed by atoms with Crippen LogP contribution >= 0.6 is 0 Å². The van der Waals surface area contributed by atoms with Gasteiger partial charge in [-0.3, -0.25) is 9.59 Å². The van der Waals surface area contributed by atoms with Gasteiger partial charge in [-0.15, -0.1) is 0 Å². The molecule has 0 bridgehead atoms. The van der Waals surface area contributed by atoms with Gasteiger partial charge in [-0.2, -0.15) is 0 Å². The Hall–Kier alpha value is -2.04. The monoisotopic (exact) mass is 275 g/mol. The molecular weight excluding hydrogens is 254 g/mol. The number of benzene rings is 1. The van der Waals surface area contributed by atoms with Crippen molar-refractivity contribution in [1.82, 2.24) is 4.90 Å². The van der Waals surface area contributed by atoms with Crippen LogP contribution in [0.25, 0.3) is 0 Å². The zero-order valence-electron chi connectivity index (χ0n) is 12.0. The van der Waals surface area contributed by atoms with Crippen molar-refractivity contribution in [3.05, 3.63) is 23.8 Å². The second-order valence-corrected chi connectivity index (χ2v) is 5.52. The summed E-state index contributed by atoms with van der Waals surface area (Å²) in [6, 6.07) is 5.38. The Balaban J connectivity index is 1.85. The summed E-state index contributed by atoms with van der Waals surface area (Å²) in [5.41, 5.74) is 8.05. The van der Waals surface area contributed by atoms with E-state index < -0.39 is 0 Å². The molecule has 1 aliphatic heterocycles. The van der Waals surface area contributed by atoms with Gasteiger partial charge in [-0.25, -0.2) is 0 Å². The lowest BCUT2D eigenvalue weighted by atomic mass is 10.1. The third-order valence-corrected chi connectivity index (χ3v) is 3.54. The zero-order valence-corrected chi connectivity index (χ0v) is 12.0. The van der Waals surface area contributed by atoms with E-state index in [-0.39, 0.29) is 11.8 Å². The Kier molecular flexibility index (Phi) is 4.27. The van der Waals surface area contributed by atoms with Crippen LogP contribution in [-0.4, -0.2) is 29.8 Å². The zero-order chi connectivity index (χ0) is 14.7. The lowest BCUT2D eigenvalue weighted by molar-refractivity contribution is -0.128. The molecule has 3 N–H and O–H groups in total. The van der Waals surface area contributed by atoms with Crippen LogP contribution in [-0.2, 0) is 9.59 Å². The van der Waals surface area contributed by atoms with Crippen molar-refractivity contribution in [3.63, 3.8) is 0 Å². The van der Waals surface area contributed by atoms with Crippen LogP contribution in [0.5, 0.6) is 0 Å². The van der Waals surface area contributed by atoms with E-state index in [4.69, 9.17) is 5.73 Å². The lowest BCUT2D eigenvalue weighted by Gasteiger charge is -2.16. The number of hydrogen-bond acceptors (Lipinski definition) is 3. The molecule has 1 heterocycles. The van der Waals surface area contributed by atoms with Gasteiger partial charge in [0.05, 0.1) is 0 Å². The minimum Gasteiger partial charge on any atom is -0.399 e. The van der Waals surface area contributed by atoms with Gasteiger partial charge in [0, 0.05) is 37.3 Å². The highest BCUT2D eigenvalue weighted by atomic mass is 16.2. The molecule has 5 nitrogen and oxygen atoms in total. The first-order chi connectivity index (χ1) is 9.45. The number of nitrogens with two attached hydrogens (primary N) is 1. The molecule has 20 heavy (non-hydrogen) atoms.